The summed E-state index contributed by atoms with van der Waals surface area (Å²) in [6, 6.07) is 18.2. The fourth-order valence-electron chi connectivity index (χ4n) is 7.63. The minimum absolute atomic E-state index is 0. The van der Waals surface area contributed by atoms with Crippen LogP contribution in [0.5, 0.6) is 0 Å². The molecular weight excluding hydrogens is 823 g/mol. The minimum Gasteiger partial charge on any atom is -0.412 e. The highest BCUT2D eigenvalue weighted by Gasteiger charge is 2.46. The number of amides is 4. The number of rotatable bonds is 20. The van der Waals surface area contributed by atoms with E-state index < -0.39 is 24.3 Å². The number of nitrogens with zero attached hydrogens (tertiary/aromatic N) is 4. The first-order valence-corrected chi connectivity index (χ1v) is 20.0. The monoisotopic (exact) mass is 894 g/mol. The Kier molecular flexibility index (Phi) is 31.9. The summed E-state index contributed by atoms with van der Waals surface area (Å²) in [4.78, 5) is 47.4. The van der Waals surface area contributed by atoms with Gasteiger partial charge in [0.05, 0.1) is 51.6 Å². The van der Waals surface area contributed by atoms with Crippen molar-refractivity contribution in [3.63, 3.8) is 0 Å². The highest BCUT2D eigenvalue weighted by atomic mass is 35.5. The largest absolute Gasteiger partial charge is 0.412 e. The van der Waals surface area contributed by atoms with Crippen LogP contribution in [0.25, 0.3) is 0 Å². The molecule has 3 aliphatic rings. The molecule has 0 bridgehead atoms. The van der Waals surface area contributed by atoms with Gasteiger partial charge in [0.1, 0.15) is 12.2 Å². The maximum Gasteiger partial charge on any atom is 0.320 e. The molecular formula is C41H72Cl2N6O11. The predicted molar refractivity (Wildman–Crippen MR) is 236 cm³/mol. The van der Waals surface area contributed by atoms with Gasteiger partial charge < -0.3 is 62.0 Å². The number of urea groups is 1. The summed E-state index contributed by atoms with van der Waals surface area (Å²) < 4.78 is 10.7. The van der Waals surface area contributed by atoms with Crippen molar-refractivity contribution in [3.05, 3.63) is 71.8 Å². The quantitative estimate of drug-likeness (QED) is 0.124. The fourth-order valence-corrected chi connectivity index (χ4v) is 7.63. The van der Waals surface area contributed by atoms with Gasteiger partial charge in [0.25, 0.3) is 0 Å². The maximum atomic E-state index is 14.7. The van der Waals surface area contributed by atoms with Crippen LogP contribution in [0.2, 0.25) is 0 Å². The van der Waals surface area contributed by atoms with Crippen molar-refractivity contribution in [2.75, 3.05) is 91.9 Å². The van der Waals surface area contributed by atoms with Crippen molar-refractivity contribution in [1.29, 1.82) is 0 Å². The van der Waals surface area contributed by atoms with Gasteiger partial charge in [-0.25, -0.2) is 4.79 Å². The lowest BCUT2D eigenvalue weighted by Crippen LogP contribution is -2.51. The molecule has 346 valence electrons. The van der Waals surface area contributed by atoms with Gasteiger partial charge in [0.2, 0.25) is 11.8 Å². The Morgan fingerprint density at radius 1 is 0.567 bits per heavy atom. The summed E-state index contributed by atoms with van der Waals surface area (Å²) in [5, 5.41) is 29.9. The fraction of sp³-hybridized carbons (Fsp3) is 0.634. The molecule has 19 heteroatoms. The minimum atomic E-state index is -1.16. The average Bonchev–Trinajstić information content (AvgIpc) is 3.25. The van der Waals surface area contributed by atoms with Gasteiger partial charge in [-0.05, 0) is 62.5 Å². The van der Waals surface area contributed by atoms with E-state index in [2.05, 4.69) is 20.4 Å². The number of carbonyl (C=O) groups is 3. The van der Waals surface area contributed by atoms with Crippen molar-refractivity contribution in [3.8, 4) is 0 Å². The molecule has 3 aliphatic heterocycles. The summed E-state index contributed by atoms with van der Waals surface area (Å²) in [7, 11) is 0. The van der Waals surface area contributed by atoms with Crippen molar-refractivity contribution >= 4 is 42.7 Å². The van der Waals surface area contributed by atoms with Gasteiger partial charge in [-0.3, -0.25) is 19.4 Å². The lowest BCUT2D eigenvalue weighted by atomic mass is 9.91. The van der Waals surface area contributed by atoms with Crippen LogP contribution in [0.4, 0.5) is 4.79 Å². The number of benzene rings is 2. The normalized spacial score (nSPS) is 20.6. The van der Waals surface area contributed by atoms with Crippen LogP contribution in [0, 0.1) is 0 Å². The third-order valence-corrected chi connectivity index (χ3v) is 10.7. The van der Waals surface area contributed by atoms with E-state index in [1.165, 1.54) is 0 Å². The average molecular weight is 896 g/mol. The number of hydrogen-bond acceptors (Lipinski definition) is 9. The molecule has 4 atom stereocenters. The Bertz CT molecular complexity index is 1310. The van der Waals surface area contributed by atoms with E-state index in [0.29, 0.717) is 91.4 Å². The zero-order valence-corrected chi connectivity index (χ0v) is 36.3. The molecule has 3 saturated heterocycles. The molecule has 0 aromatic heterocycles. The van der Waals surface area contributed by atoms with Crippen LogP contribution in [-0.4, -0.2) is 186 Å². The Morgan fingerprint density at radius 2 is 0.917 bits per heavy atom. The predicted octanol–water partition coefficient (Wildman–Crippen LogP) is -0.549. The SMILES string of the molecule is Cl.Cl.O.O.O.O.O=C(CN1CCOCC1)NCCCCCN1C(=O)N(CCCCCNC(=O)CN2CCOCC2)[C@H](Cc2ccccc2)[C@H](O)[C@@H](O)[C@H]1Cc1ccccc1. The third kappa shape index (κ3) is 19.3. The number of hydrogen-bond donors (Lipinski definition) is 4. The number of aliphatic hydroxyl groups excluding tert-OH is 2. The van der Waals surface area contributed by atoms with Crippen LogP contribution in [0.3, 0.4) is 0 Å². The number of morpholine rings is 2. The van der Waals surface area contributed by atoms with Crippen molar-refractivity contribution in [2.24, 2.45) is 0 Å². The van der Waals surface area contributed by atoms with Crippen molar-refractivity contribution < 1.29 is 56.0 Å². The molecule has 0 aliphatic carbocycles. The Hall–Kier alpha value is -3.17. The first-order valence-electron chi connectivity index (χ1n) is 20.0. The molecule has 2 aromatic rings. The summed E-state index contributed by atoms with van der Waals surface area (Å²) in [5.41, 5.74) is 1.97. The van der Waals surface area contributed by atoms with Gasteiger partial charge in [-0.2, -0.15) is 0 Å². The van der Waals surface area contributed by atoms with E-state index >= 15 is 0 Å². The second kappa shape index (κ2) is 32.5. The van der Waals surface area contributed by atoms with Gasteiger partial charge in [0.15, 0.2) is 0 Å². The molecule has 3 fully saturated rings. The second-order valence-electron chi connectivity index (χ2n) is 14.8. The standard InChI is InChI=1S/C41H62N6O7.2ClH.4H2O/c48-37(31-44-21-25-53-26-22-44)42-17-9-3-11-19-46-35(29-33-13-5-1-6-14-33)39(50)40(51)36(30-34-15-7-2-8-16-34)47(41(46)52)20-12-4-10-18-43-38(49)32-45-23-27-54-28-24-45;;;;;;/h1-2,5-8,13-16,35-36,39-40,50-51H,3-4,9-12,17-32H2,(H,42,48)(H,43,49);2*1H;4*1H2/t35-,36-,39+,40+;;;;;;/m1....../s1. The van der Waals surface area contributed by atoms with E-state index in [-0.39, 0.29) is 64.6 Å². The van der Waals surface area contributed by atoms with Gasteiger partial charge in [-0.1, -0.05) is 60.7 Å². The first kappa shape index (κ1) is 58.9. The molecule has 17 nitrogen and oxygen atoms in total. The number of halogens is 2. The van der Waals surface area contributed by atoms with E-state index in [1.54, 1.807) is 9.80 Å². The molecule has 0 saturated carbocycles. The first-order chi connectivity index (χ1) is 26.4. The Balaban J connectivity index is 0. The topological polar surface area (TPSA) is 273 Å². The van der Waals surface area contributed by atoms with Gasteiger partial charge in [-0.15, -0.1) is 24.8 Å². The molecule has 0 unspecified atom stereocenters. The second-order valence-corrected chi connectivity index (χ2v) is 14.8. The van der Waals surface area contributed by atoms with Crippen LogP contribution in [0.1, 0.15) is 49.7 Å². The number of aliphatic hydroxyl groups is 2. The van der Waals surface area contributed by atoms with Gasteiger partial charge in [0, 0.05) is 52.4 Å². The maximum absolute atomic E-state index is 14.7. The number of ether oxygens (including phenoxy) is 2. The number of unbranched alkanes of at least 4 members (excludes halogenated alkanes) is 4. The summed E-state index contributed by atoms with van der Waals surface area (Å²) in [5.74, 6) is 0.0187. The van der Waals surface area contributed by atoms with Crippen LogP contribution < -0.4 is 10.6 Å². The zero-order chi connectivity index (χ0) is 38.0. The van der Waals surface area contributed by atoms with Crippen LogP contribution in [-0.2, 0) is 31.9 Å². The summed E-state index contributed by atoms with van der Waals surface area (Å²) >= 11 is 0. The molecule has 2 aromatic carbocycles. The zero-order valence-electron chi connectivity index (χ0n) is 34.7. The van der Waals surface area contributed by atoms with E-state index in [1.807, 2.05) is 60.7 Å². The smallest absolute Gasteiger partial charge is 0.320 e. The molecule has 0 spiro atoms. The number of carbonyl (C=O) groups excluding carboxylic acids is 3. The van der Waals surface area contributed by atoms with E-state index in [4.69, 9.17) is 9.47 Å². The van der Waals surface area contributed by atoms with Crippen LogP contribution >= 0.6 is 24.8 Å². The molecule has 3 heterocycles. The summed E-state index contributed by atoms with van der Waals surface area (Å²) in [6.07, 6.45) is 3.04. The lowest BCUT2D eigenvalue weighted by molar-refractivity contribution is -0.124. The van der Waals surface area contributed by atoms with E-state index in [9.17, 15) is 24.6 Å². The molecule has 0 radical (unpaired) electrons. The highest BCUT2D eigenvalue weighted by Crippen LogP contribution is 2.28. The van der Waals surface area contributed by atoms with Crippen molar-refractivity contribution in [2.45, 2.75) is 75.7 Å². The third-order valence-electron chi connectivity index (χ3n) is 10.7. The Morgan fingerprint density at radius 3 is 1.27 bits per heavy atom. The lowest BCUT2D eigenvalue weighted by Gasteiger charge is -2.36. The number of nitrogens with one attached hydrogen (secondary N) is 2. The highest BCUT2D eigenvalue weighted by molar-refractivity contribution is 5.85. The molecule has 4 amide bonds. The summed E-state index contributed by atoms with van der Waals surface area (Å²) in [6.45, 7) is 8.37. The molecule has 5 rings (SSSR count). The molecule has 60 heavy (non-hydrogen) atoms. The van der Waals surface area contributed by atoms with E-state index in [0.717, 1.165) is 63.0 Å². The molecule has 12 N–H and O–H groups in total. The van der Waals surface area contributed by atoms with Crippen LogP contribution in [0.15, 0.2) is 60.7 Å². The van der Waals surface area contributed by atoms with Crippen molar-refractivity contribution in [1.82, 2.24) is 30.2 Å². The Labute approximate surface area is 367 Å². The van der Waals surface area contributed by atoms with Gasteiger partial charge >= 0.3 is 6.03 Å².